The van der Waals surface area contributed by atoms with Gasteiger partial charge in [-0.1, -0.05) is 19.4 Å². The summed E-state index contributed by atoms with van der Waals surface area (Å²) in [5.41, 5.74) is -5.23. The van der Waals surface area contributed by atoms with Gasteiger partial charge in [0.05, 0.1) is 12.2 Å². The van der Waals surface area contributed by atoms with E-state index in [0.717, 1.165) is 12.5 Å². The minimum Gasteiger partial charge on any atom is -0.441 e. The standard InChI is InChI=1S/C29H38F2N2O7/c1-3-4-25-39-24-12-17-18(28(24,40-25)23(36)15-38-26(37)33-9-7-32-8-10-33)14-22(35)29(31)19(17)13-21(30)20-11-16(34)5-6-27(20,29)2/h5-6,11,17-19,21-22,24-25,32,35H,3-4,7-10,12-15H2,1-2H3/t17-,18?,19+,21+,22+,24-,25?,27+,28-,29+/m1/s1. The third-order valence-electron chi connectivity index (χ3n) is 10.4. The number of hydrogen-bond donors (Lipinski definition) is 2. The summed E-state index contributed by atoms with van der Waals surface area (Å²) in [5, 5.41) is 14.6. The Hall–Kier alpha value is -2.21. The molecule has 9 nitrogen and oxygen atoms in total. The lowest BCUT2D eigenvalue weighted by molar-refractivity contribution is -0.207. The summed E-state index contributed by atoms with van der Waals surface area (Å²) in [6.07, 6.45) is -0.0767. The number of carbonyl (C=O) groups excluding carboxylic acids is 3. The summed E-state index contributed by atoms with van der Waals surface area (Å²) >= 11 is 0. The summed E-state index contributed by atoms with van der Waals surface area (Å²) in [6.45, 7) is 5.17. The predicted octanol–water partition coefficient (Wildman–Crippen LogP) is 2.42. The highest BCUT2D eigenvalue weighted by Crippen LogP contribution is 2.68. The molecule has 6 rings (SSSR count). The quantitative estimate of drug-likeness (QED) is 0.524. The summed E-state index contributed by atoms with van der Waals surface area (Å²) in [4.78, 5) is 40.2. The molecule has 6 aliphatic rings. The van der Waals surface area contributed by atoms with Crippen molar-refractivity contribution in [1.29, 1.82) is 0 Å². The molecule has 3 saturated carbocycles. The average molecular weight is 565 g/mol. The first-order valence-electron chi connectivity index (χ1n) is 14.5. The summed E-state index contributed by atoms with van der Waals surface area (Å²) in [6, 6.07) is 0. The number of fused-ring (bicyclic) bond motifs is 7. The number of amides is 1. The minimum absolute atomic E-state index is 0.0514. The Kier molecular flexibility index (Phi) is 6.95. The van der Waals surface area contributed by atoms with Crippen molar-refractivity contribution in [2.45, 2.75) is 81.9 Å². The van der Waals surface area contributed by atoms with E-state index in [0.29, 0.717) is 32.6 Å². The van der Waals surface area contributed by atoms with Crippen molar-refractivity contribution in [2.24, 2.45) is 23.2 Å². The van der Waals surface area contributed by atoms with E-state index in [1.54, 1.807) is 6.92 Å². The molecule has 2 unspecified atom stereocenters. The zero-order valence-corrected chi connectivity index (χ0v) is 22.9. The molecule has 220 valence electrons. The highest BCUT2D eigenvalue weighted by molar-refractivity contribution is 6.01. The molecule has 1 amide bonds. The van der Waals surface area contributed by atoms with Crippen molar-refractivity contribution < 1.29 is 42.5 Å². The van der Waals surface area contributed by atoms with Crippen molar-refractivity contribution >= 4 is 17.7 Å². The Bertz CT molecular complexity index is 1140. The highest BCUT2D eigenvalue weighted by atomic mass is 19.1. The normalized spacial score (nSPS) is 45.7. The van der Waals surface area contributed by atoms with Gasteiger partial charge in [-0.25, -0.2) is 13.6 Å². The number of nitrogens with zero attached hydrogens (tertiary/aromatic N) is 1. The van der Waals surface area contributed by atoms with E-state index in [-0.39, 0.29) is 24.8 Å². The van der Waals surface area contributed by atoms with E-state index < -0.39 is 83.4 Å². The first kappa shape index (κ1) is 27.9. The number of aliphatic hydroxyl groups excluding tert-OH is 1. The second-order valence-corrected chi connectivity index (χ2v) is 12.3. The number of rotatable bonds is 5. The van der Waals surface area contributed by atoms with Crippen molar-refractivity contribution in [3.05, 3.63) is 23.8 Å². The van der Waals surface area contributed by atoms with Gasteiger partial charge in [0.15, 0.2) is 29.9 Å². The lowest BCUT2D eigenvalue weighted by Crippen LogP contribution is -2.68. The lowest BCUT2D eigenvalue weighted by Gasteiger charge is -2.60. The molecular formula is C29H38F2N2O7. The van der Waals surface area contributed by atoms with E-state index in [2.05, 4.69) is 5.32 Å². The van der Waals surface area contributed by atoms with Gasteiger partial charge in [-0.3, -0.25) is 9.59 Å². The Balaban J connectivity index is 1.31. The first-order chi connectivity index (χ1) is 19.1. The number of ketones is 2. The fraction of sp³-hybridized carbons (Fsp3) is 0.759. The van der Waals surface area contributed by atoms with E-state index in [1.807, 2.05) is 6.92 Å². The molecule has 0 aromatic carbocycles. The van der Waals surface area contributed by atoms with Crippen LogP contribution in [0.3, 0.4) is 0 Å². The fourth-order valence-corrected chi connectivity index (χ4v) is 8.54. The molecule has 4 aliphatic carbocycles. The summed E-state index contributed by atoms with van der Waals surface area (Å²) < 4.78 is 51.0. The SMILES string of the molecule is CCCC1O[C@@H]2C[C@@H]3C(C[C@H](O)[C@@]4(F)[C@H]3C[C@H](F)C3=CC(=O)C=C[C@@]34C)[C@]2(C(=O)COC(=O)N2CCNCC2)O1. The molecule has 10 atom stereocenters. The second kappa shape index (κ2) is 9.96. The Morgan fingerprint density at radius 2 is 1.98 bits per heavy atom. The average Bonchev–Trinajstić information content (AvgIpc) is 3.44. The zero-order valence-electron chi connectivity index (χ0n) is 22.9. The van der Waals surface area contributed by atoms with Crippen molar-refractivity contribution in [3.63, 3.8) is 0 Å². The third-order valence-corrected chi connectivity index (χ3v) is 10.4. The summed E-state index contributed by atoms with van der Waals surface area (Å²) in [7, 11) is 0. The molecule has 2 aliphatic heterocycles. The number of piperazine rings is 1. The van der Waals surface area contributed by atoms with Crippen LogP contribution in [0.2, 0.25) is 0 Å². The summed E-state index contributed by atoms with van der Waals surface area (Å²) in [5.74, 6) is -2.99. The van der Waals surface area contributed by atoms with Gasteiger partial charge in [0.2, 0.25) is 5.78 Å². The van der Waals surface area contributed by atoms with Gasteiger partial charge >= 0.3 is 6.09 Å². The highest BCUT2D eigenvalue weighted by Gasteiger charge is 2.75. The van der Waals surface area contributed by atoms with Gasteiger partial charge in [0, 0.05) is 43.4 Å². The number of Topliss-reactive ketones (excluding diaryl/α,β-unsaturated/α-hetero) is 1. The van der Waals surface area contributed by atoms with Gasteiger partial charge in [0.1, 0.15) is 6.17 Å². The molecule has 11 heteroatoms. The number of ether oxygens (including phenoxy) is 3. The number of hydrogen-bond acceptors (Lipinski definition) is 8. The van der Waals surface area contributed by atoms with Crippen LogP contribution >= 0.6 is 0 Å². The number of halogens is 2. The maximum Gasteiger partial charge on any atom is 0.410 e. The van der Waals surface area contributed by atoms with E-state index in [9.17, 15) is 19.5 Å². The molecule has 0 aromatic heterocycles. The van der Waals surface area contributed by atoms with Gasteiger partial charge in [-0.2, -0.15) is 0 Å². The molecule has 2 heterocycles. The smallest absolute Gasteiger partial charge is 0.410 e. The number of alkyl halides is 2. The van der Waals surface area contributed by atoms with Crippen LogP contribution in [0.25, 0.3) is 0 Å². The van der Waals surface area contributed by atoms with E-state index in [4.69, 9.17) is 14.2 Å². The predicted molar refractivity (Wildman–Crippen MR) is 138 cm³/mol. The molecule has 2 N–H and O–H groups in total. The molecule has 40 heavy (non-hydrogen) atoms. The van der Waals surface area contributed by atoms with Crippen LogP contribution in [0.15, 0.2) is 23.8 Å². The first-order valence-corrected chi connectivity index (χ1v) is 14.5. The van der Waals surface area contributed by atoms with Crippen LogP contribution in [0.5, 0.6) is 0 Å². The molecule has 0 aromatic rings. The van der Waals surface area contributed by atoms with Crippen molar-refractivity contribution in [3.8, 4) is 0 Å². The van der Waals surface area contributed by atoms with E-state index in [1.165, 1.54) is 17.1 Å². The minimum atomic E-state index is -2.25. The topological polar surface area (TPSA) is 114 Å². The van der Waals surface area contributed by atoms with Gasteiger partial charge in [0.25, 0.3) is 0 Å². The second-order valence-electron chi connectivity index (χ2n) is 12.3. The lowest BCUT2D eigenvalue weighted by atomic mass is 9.47. The van der Waals surface area contributed by atoms with Crippen molar-refractivity contribution in [1.82, 2.24) is 10.2 Å². The monoisotopic (exact) mass is 564 g/mol. The Labute approximate surface area is 232 Å². The maximum atomic E-state index is 17.4. The molecule has 0 bridgehead atoms. The van der Waals surface area contributed by atoms with Gasteiger partial charge < -0.3 is 29.5 Å². The van der Waals surface area contributed by atoms with Gasteiger partial charge in [-0.15, -0.1) is 0 Å². The number of allylic oxidation sites excluding steroid dienone is 4. The van der Waals surface area contributed by atoms with Crippen LogP contribution in [-0.4, -0.2) is 96.4 Å². The van der Waals surface area contributed by atoms with Crippen LogP contribution in [0.4, 0.5) is 13.6 Å². The van der Waals surface area contributed by atoms with Gasteiger partial charge in [-0.05, 0) is 56.3 Å². The largest absolute Gasteiger partial charge is 0.441 e. The fourth-order valence-electron chi connectivity index (χ4n) is 8.54. The van der Waals surface area contributed by atoms with E-state index >= 15 is 8.78 Å². The zero-order chi connectivity index (χ0) is 28.4. The molecule has 0 radical (unpaired) electrons. The Morgan fingerprint density at radius 3 is 2.70 bits per heavy atom. The molecular weight excluding hydrogens is 526 g/mol. The Morgan fingerprint density at radius 1 is 1.23 bits per heavy atom. The number of carbonyl (C=O) groups is 3. The maximum absolute atomic E-state index is 17.4. The van der Waals surface area contributed by atoms with Crippen molar-refractivity contribution in [2.75, 3.05) is 32.8 Å². The molecule has 5 fully saturated rings. The molecule has 2 saturated heterocycles. The third kappa shape index (κ3) is 3.87. The van der Waals surface area contributed by atoms with Crippen LogP contribution in [-0.2, 0) is 23.8 Å². The molecule has 0 spiro atoms. The van der Waals surface area contributed by atoms with Crippen LogP contribution < -0.4 is 5.32 Å². The number of aliphatic hydroxyl groups is 1. The van der Waals surface area contributed by atoms with Crippen LogP contribution in [0, 0.1) is 23.2 Å². The number of nitrogens with one attached hydrogen (secondary N) is 1. The van der Waals surface area contributed by atoms with Crippen LogP contribution in [0.1, 0.15) is 46.0 Å².